The Morgan fingerprint density at radius 1 is 1.05 bits per heavy atom. The number of sulfonamides is 1. The van der Waals surface area contributed by atoms with Gasteiger partial charge in [-0.05, 0) is 67.8 Å². The Labute approximate surface area is 236 Å². The summed E-state index contributed by atoms with van der Waals surface area (Å²) in [5, 5.41) is 3.54. The molecule has 1 aliphatic rings. The number of amides is 1. The van der Waals surface area contributed by atoms with Crippen LogP contribution in [0.1, 0.15) is 35.7 Å². The minimum atomic E-state index is -3.68. The van der Waals surface area contributed by atoms with Gasteiger partial charge >= 0.3 is 0 Å². The minimum Gasteiger partial charge on any atom is -0.351 e. The number of aromatic nitrogens is 2. The standard InChI is InChI=1S/C31H35N5O3S/c1-23-12-16-36(17-13-23)40(38,39)26-10-11-29-27(19-26)28(20-30(34-29)25-9-6-14-32-21-25)31(37)33-15-18-35(2)22-24-7-4-3-5-8-24/h3-11,14,19-21,23H,12-13,15-18,22H2,1-2H3,(H,33,37). The molecule has 4 aromatic rings. The lowest BCUT2D eigenvalue weighted by atomic mass is 10.0. The number of rotatable bonds is 9. The van der Waals surface area contributed by atoms with Crippen LogP contribution in [0.2, 0.25) is 0 Å². The molecule has 9 heteroatoms. The molecule has 5 rings (SSSR count). The first kappa shape index (κ1) is 27.9. The number of nitrogens with zero attached hydrogens (tertiary/aromatic N) is 4. The number of carbonyl (C=O) groups is 1. The molecular weight excluding hydrogens is 522 g/mol. The number of carbonyl (C=O) groups excluding carboxylic acids is 1. The number of nitrogens with one attached hydrogen (secondary N) is 1. The van der Waals surface area contributed by atoms with Gasteiger partial charge in [0.25, 0.3) is 5.91 Å². The van der Waals surface area contributed by atoms with Crippen LogP contribution >= 0.6 is 0 Å². The Morgan fingerprint density at radius 3 is 2.55 bits per heavy atom. The van der Waals surface area contributed by atoms with Crippen LogP contribution in [-0.4, -0.2) is 66.7 Å². The Kier molecular flexibility index (Phi) is 8.54. The number of hydrogen-bond acceptors (Lipinski definition) is 6. The lowest BCUT2D eigenvalue weighted by molar-refractivity contribution is 0.0951. The average molecular weight is 558 g/mol. The molecule has 0 spiro atoms. The molecule has 1 amide bonds. The van der Waals surface area contributed by atoms with Gasteiger partial charge in [0.2, 0.25) is 10.0 Å². The summed E-state index contributed by atoms with van der Waals surface area (Å²) in [6, 6.07) is 20.5. The zero-order valence-corrected chi connectivity index (χ0v) is 23.8. The molecule has 8 nitrogen and oxygen atoms in total. The van der Waals surface area contributed by atoms with Gasteiger partial charge in [0.05, 0.1) is 21.7 Å². The first-order chi connectivity index (χ1) is 19.3. The van der Waals surface area contributed by atoms with E-state index in [-0.39, 0.29) is 10.8 Å². The van der Waals surface area contributed by atoms with Crippen LogP contribution in [-0.2, 0) is 16.6 Å². The van der Waals surface area contributed by atoms with Gasteiger partial charge in [-0.2, -0.15) is 4.31 Å². The highest BCUT2D eigenvalue weighted by atomic mass is 32.2. The predicted molar refractivity (Wildman–Crippen MR) is 157 cm³/mol. The molecule has 0 bridgehead atoms. The van der Waals surface area contributed by atoms with Crippen LogP contribution < -0.4 is 5.32 Å². The van der Waals surface area contributed by atoms with Gasteiger partial charge in [-0.15, -0.1) is 0 Å². The van der Waals surface area contributed by atoms with Crippen molar-refractivity contribution in [1.82, 2.24) is 24.5 Å². The number of hydrogen-bond donors (Lipinski definition) is 1. The summed E-state index contributed by atoms with van der Waals surface area (Å²) in [5.41, 5.74) is 3.53. The van der Waals surface area contributed by atoms with Crippen molar-refractivity contribution < 1.29 is 13.2 Å². The van der Waals surface area contributed by atoms with E-state index in [1.54, 1.807) is 41.0 Å². The molecule has 40 heavy (non-hydrogen) atoms. The third kappa shape index (κ3) is 6.38. The van der Waals surface area contributed by atoms with Crippen molar-refractivity contribution >= 4 is 26.8 Å². The van der Waals surface area contributed by atoms with E-state index in [0.29, 0.717) is 54.3 Å². The monoisotopic (exact) mass is 557 g/mol. The Morgan fingerprint density at radius 2 is 1.82 bits per heavy atom. The molecule has 1 N–H and O–H groups in total. The molecule has 1 aliphatic heterocycles. The number of fused-ring (bicyclic) bond motifs is 1. The molecule has 1 saturated heterocycles. The number of benzene rings is 2. The van der Waals surface area contributed by atoms with Crippen molar-refractivity contribution in [2.75, 3.05) is 33.2 Å². The van der Waals surface area contributed by atoms with E-state index in [2.05, 4.69) is 34.3 Å². The van der Waals surface area contributed by atoms with Crippen LogP contribution in [0.4, 0.5) is 0 Å². The van der Waals surface area contributed by atoms with Crippen molar-refractivity contribution in [2.24, 2.45) is 5.92 Å². The maximum Gasteiger partial charge on any atom is 0.252 e. The van der Waals surface area contributed by atoms with E-state index in [4.69, 9.17) is 4.98 Å². The second-order valence-electron chi connectivity index (χ2n) is 10.5. The number of pyridine rings is 2. The van der Waals surface area contributed by atoms with Gasteiger partial charge in [0, 0.05) is 56.1 Å². The SMILES string of the molecule is CC1CCN(S(=O)(=O)c2ccc3nc(-c4cccnc4)cc(C(=O)NCCN(C)Cc4ccccc4)c3c2)CC1. The zero-order valence-electron chi connectivity index (χ0n) is 23.0. The molecule has 0 radical (unpaired) electrons. The van der Waals surface area contributed by atoms with Crippen LogP contribution in [0.25, 0.3) is 22.2 Å². The van der Waals surface area contributed by atoms with Crippen molar-refractivity contribution in [3.8, 4) is 11.3 Å². The molecule has 0 atom stereocenters. The van der Waals surface area contributed by atoms with Crippen molar-refractivity contribution in [2.45, 2.75) is 31.2 Å². The predicted octanol–water partition coefficient (Wildman–Crippen LogP) is 4.58. The van der Waals surface area contributed by atoms with Crippen molar-refractivity contribution in [1.29, 1.82) is 0 Å². The fourth-order valence-corrected chi connectivity index (χ4v) is 6.52. The van der Waals surface area contributed by atoms with Crippen LogP contribution in [0.15, 0.2) is 84.0 Å². The van der Waals surface area contributed by atoms with E-state index in [1.165, 1.54) is 5.56 Å². The van der Waals surface area contributed by atoms with Gasteiger partial charge in [0.15, 0.2) is 0 Å². The largest absolute Gasteiger partial charge is 0.351 e. The average Bonchev–Trinajstić information content (AvgIpc) is 2.97. The van der Waals surface area contributed by atoms with E-state index in [0.717, 1.165) is 24.9 Å². The maximum absolute atomic E-state index is 13.5. The second-order valence-corrected chi connectivity index (χ2v) is 12.5. The Hall–Kier alpha value is -3.66. The summed E-state index contributed by atoms with van der Waals surface area (Å²) in [5.74, 6) is 0.243. The molecule has 0 aliphatic carbocycles. The molecule has 208 valence electrons. The van der Waals surface area contributed by atoms with Crippen molar-refractivity contribution in [3.63, 3.8) is 0 Å². The Balaban J connectivity index is 1.42. The number of likely N-dealkylation sites (N-methyl/N-ethyl adjacent to an activating group) is 1. The van der Waals surface area contributed by atoms with Gasteiger partial charge < -0.3 is 10.2 Å². The Bertz CT molecular complexity index is 1570. The molecule has 2 aromatic carbocycles. The maximum atomic E-state index is 13.5. The summed E-state index contributed by atoms with van der Waals surface area (Å²) in [4.78, 5) is 24.8. The fraction of sp³-hybridized carbons (Fsp3) is 0.323. The molecular formula is C31H35N5O3S. The summed E-state index contributed by atoms with van der Waals surface area (Å²) in [6.45, 7) is 5.03. The van der Waals surface area contributed by atoms with Crippen LogP contribution in [0.3, 0.4) is 0 Å². The highest BCUT2D eigenvalue weighted by Crippen LogP contribution is 2.29. The topological polar surface area (TPSA) is 95.5 Å². The van der Waals surface area contributed by atoms with Gasteiger partial charge in [-0.1, -0.05) is 37.3 Å². The van der Waals surface area contributed by atoms with Gasteiger partial charge in [-0.3, -0.25) is 9.78 Å². The van der Waals surface area contributed by atoms with Gasteiger partial charge in [0.1, 0.15) is 0 Å². The molecule has 2 aromatic heterocycles. The van der Waals surface area contributed by atoms with Crippen LogP contribution in [0.5, 0.6) is 0 Å². The first-order valence-corrected chi connectivity index (χ1v) is 15.1. The highest BCUT2D eigenvalue weighted by molar-refractivity contribution is 7.89. The summed E-state index contributed by atoms with van der Waals surface area (Å²) >= 11 is 0. The van der Waals surface area contributed by atoms with E-state index < -0.39 is 10.0 Å². The summed E-state index contributed by atoms with van der Waals surface area (Å²) < 4.78 is 28.5. The molecule has 0 unspecified atom stereocenters. The lowest BCUT2D eigenvalue weighted by Crippen LogP contribution is -2.37. The normalized spacial score (nSPS) is 15.0. The van der Waals surface area contributed by atoms with Crippen LogP contribution in [0, 0.1) is 5.92 Å². The van der Waals surface area contributed by atoms with E-state index >= 15 is 0 Å². The van der Waals surface area contributed by atoms with E-state index in [9.17, 15) is 13.2 Å². The highest BCUT2D eigenvalue weighted by Gasteiger charge is 2.29. The van der Waals surface area contributed by atoms with Crippen molar-refractivity contribution in [3.05, 3.63) is 90.3 Å². The third-order valence-corrected chi connectivity index (χ3v) is 9.33. The summed E-state index contributed by atoms with van der Waals surface area (Å²) in [6.07, 6.45) is 5.07. The quantitative estimate of drug-likeness (QED) is 0.324. The van der Waals surface area contributed by atoms with E-state index in [1.807, 2.05) is 37.4 Å². The first-order valence-electron chi connectivity index (χ1n) is 13.7. The fourth-order valence-electron chi connectivity index (χ4n) is 5.02. The van der Waals surface area contributed by atoms with Gasteiger partial charge in [-0.25, -0.2) is 13.4 Å². The molecule has 1 fully saturated rings. The smallest absolute Gasteiger partial charge is 0.252 e. The zero-order chi connectivity index (χ0) is 28.1. The minimum absolute atomic E-state index is 0.183. The number of piperidine rings is 1. The second kappa shape index (κ2) is 12.2. The molecule has 0 saturated carbocycles. The molecule has 3 heterocycles. The lowest BCUT2D eigenvalue weighted by Gasteiger charge is -2.29. The summed E-state index contributed by atoms with van der Waals surface area (Å²) in [7, 11) is -1.67. The third-order valence-electron chi connectivity index (χ3n) is 7.44.